The van der Waals surface area contributed by atoms with E-state index in [-0.39, 0.29) is 29.4 Å². The number of nitrogens with zero attached hydrogens (tertiary/aromatic N) is 4. The summed E-state index contributed by atoms with van der Waals surface area (Å²) in [6.07, 6.45) is -7.29. The third-order valence-electron chi connectivity index (χ3n) is 7.62. The van der Waals surface area contributed by atoms with Gasteiger partial charge in [0.25, 0.3) is 5.91 Å². The zero-order chi connectivity index (χ0) is 38.7. The fourth-order valence-electron chi connectivity index (χ4n) is 4.99. The van der Waals surface area contributed by atoms with Crippen LogP contribution >= 0.6 is 0 Å². The minimum Gasteiger partial charge on any atom is -0.381 e. The average molecular weight is 749 g/mol. The summed E-state index contributed by atoms with van der Waals surface area (Å²) in [4.78, 5) is 19.0. The van der Waals surface area contributed by atoms with Crippen LogP contribution in [0, 0.1) is 37.1 Å². The molecule has 6 rings (SSSR count). The summed E-state index contributed by atoms with van der Waals surface area (Å²) in [7, 11) is 0. The number of carbonyl (C=O) groups is 1. The molecule has 0 aliphatic rings. The Morgan fingerprint density at radius 3 is 1.40 bits per heavy atom. The lowest BCUT2D eigenvalue weighted by molar-refractivity contribution is -0.141. The number of anilines is 2. The van der Waals surface area contributed by atoms with Gasteiger partial charge in [-0.1, -0.05) is 12.1 Å². The molecule has 4 aromatic carbocycles. The highest BCUT2D eigenvalue weighted by atomic mass is 19.4. The van der Waals surface area contributed by atoms with Crippen LogP contribution in [0.2, 0.25) is 0 Å². The van der Waals surface area contributed by atoms with Gasteiger partial charge in [-0.05, 0) is 86.6 Å². The topological polar surface area (TPSA) is 76.8 Å². The van der Waals surface area contributed by atoms with E-state index in [4.69, 9.17) is 0 Å². The van der Waals surface area contributed by atoms with Crippen molar-refractivity contribution in [2.24, 2.45) is 0 Å². The van der Waals surface area contributed by atoms with Crippen molar-refractivity contribution in [1.82, 2.24) is 19.1 Å². The van der Waals surface area contributed by atoms with E-state index in [1.807, 2.05) is 0 Å². The molecule has 0 bridgehead atoms. The molecule has 0 spiro atoms. The highest BCUT2D eigenvalue weighted by Crippen LogP contribution is 2.31. The number of carbonyl (C=O) groups excluding carboxylic acids is 1. The number of hydrogen-bond acceptors (Lipinski definition) is 4. The van der Waals surface area contributed by atoms with E-state index >= 15 is 0 Å². The zero-order valence-corrected chi connectivity index (χ0v) is 27.4. The lowest BCUT2D eigenvalue weighted by atomic mass is 10.1. The van der Waals surface area contributed by atoms with E-state index < -0.39 is 58.5 Å². The van der Waals surface area contributed by atoms with Crippen molar-refractivity contribution in [3.8, 4) is 11.4 Å². The van der Waals surface area contributed by atoms with Gasteiger partial charge in [-0.2, -0.15) is 26.3 Å². The highest BCUT2D eigenvalue weighted by molar-refractivity contribution is 6.04. The van der Waals surface area contributed by atoms with E-state index in [0.717, 1.165) is 30.6 Å². The summed E-state index contributed by atoms with van der Waals surface area (Å²) >= 11 is 0. The van der Waals surface area contributed by atoms with Crippen molar-refractivity contribution < 1.29 is 48.7 Å². The molecule has 7 nitrogen and oxygen atoms in total. The maximum Gasteiger partial charge on any atom is 0.434 e. The Bertz CT molecular complexity index is 2180. The third-order valence-corrected chi connectivity index (χ3v) is 7.62. The summed E-state index contributed by atoms with van der Waals surface area (Å²) < 4.78 is 133. The van der Waals surface area contributed by atoms with Gasteiger partial charge in [0.1, 0.15) is 40.5 Å². The predicted octanol–water partition coefficient (Wildman–Crippen LogP) is 9.82. The Hall–Kier alpha value is -6.13. The van der Waals surface area contributed by atoms with Gasteiger partial charge in [0.2, 0.25) is 0 Å². The molecule has 2 N–H and O–H groups in total. The van der Waals surface area contributed by atoms with Gasteiger partial charge in [0.15, 0.2) is 11.4 Å². The van der Waals surface area contributed by atoms with Crippen molar-refractivity contribution in [1.29, 1.82) is 0 Å². The molecule has 0 saturated heterocycles. The molecular weight excluding hydrogens is 722 g/mol. The summed E-state index contributed by atoms with van der Waals surface area (Å²) in [6.45, 7) is 2.84. The fourth-order valence-corrected chi connectivity index (χ4v) is 4.99. The van der Waals surface area contributed by atoms with Crippen LogP contribution in [0.4, 0.5) is 55.3 Å². The van der Waals surface area contributed by atoms with Crippen LogP contribution < -0.4 is 10.6 Å². The molecule has 0 aliphatic heterocycles. The van der Waals surface area contributed by atoms with Crippen LogP contribution in [0.1, 0.15) is 39.0 Å². The van der Waals surface area contributed by atoms with Crippen molar-refractivity contribution in [3.63, 3.8) is 0 Å². The Labute approximate surface area is 294 Å². The van der Waals surface area contributed by atoms with E-state index in [1.54, 1.807) is 24.3 Å². The third kappa shape index (κ3) is 9.03. The normalized spacial score (nSPS) is 11.5. The number of benzene rings is 4. The number of aromatic nitrogens is 4. The molecule has 0 atom stereocenters. The lowest BCUT2D eigenvalue weighted by Gasteiger charge is -2.10. The second-order valence-electron chi connectivity index (χ2n) is 11.3. The first-order chi connectivity index (χ1) is 24.9. The van der Waals surface area contributed by atoms with Gasteiger partial charge >= 0.3 is 12.4 Å². The number of halogens is 10. The number of rotatable bonds is 7. The van der Waals surface area contributed by atoms with E-state index in [1.165, 1.54) is 65.4 Å². The first-order valence-corrected chi connectivity index (χ1v) is 15.3. The second-order valence-corrected chi connectivity index (χ2v) is 11.3. The number of imidazole rings is 2. The maximum atomic E-state index is 13.6. The molecule has 0 aliphatic carbocycles. The highest BCUT2D eigenvalue weighted by Gasteiger charge is 2.35. The van der Waals surface area contributed by atoms with Crippen molar-refractivity contribution in [3.05, 3.63) is 155 Å². The Kier molecular flexibility index (Phi) is 11.0. The van der Waals surface area contributed by atoms with Gasteiger partial charge in [-0.15, -0.1) is 0 Å². The van der Waals surface area contributed by atoms with Gasteiger partial charge in [-0.25, -0.2) is 27.5 Å². The number of alkyl halides is 6. The van der Waals surface area contributed by atoms with Gasteiger partial charge in [-0.3, -0.25) is 4.79 Å². The molecule has 276 valence electrons. The van der Waals surface area contributed by atoms with Crippen molar-refractivity contribution >= 4 is 17.3 Å². The molecule has 0 radical (unpaired) electrons. The Morgan fingerprint density at radius 2 is 1.00 bits per heavy atom. The van der Waals surface area contributed by atoms with Crippen LogP contribution in [-0.4, -0.2) is 25.0 Å². The van der Waals surface area contributed by atoms with Crippen molar-refractivity contribution in [2.75, 3.05) is 10.6 Å². The SMILES string of the molecule is Cc1nc(C(F)(F)F)cn1-c1ccc(NC(=O)c2c(F)cccc2F)cc1.Cc1nc(C(F)(F)F)cn1-c1ccc(NCc2c(F)cccc2F)cc1. The van der Waals surface area contributed by atoms with Gasteiger partial charge in [0, 0.05) is 47.3 Å². The largest absolute Gasteiger partial charge is 0.434 e. The minimum absolute atomic E-state index is 0.0554. The Balaban J connectivity index is 0.000000204. The van der Waals surface area contributed by atoms with Crippen molar-refractivity contribution in [2.45, 2.75) is 32.7 Å². The first kappa shape index (κ1) is 38.1. The molecule has 0 unspecified atom stereocenters. The molecule has 0 fully saturated rings. The zero-order valence-electron chi connectivity index (χ0n) is 27.4. The monoisotopic (exact) mass is 748 g/mol. The maximum absolute atomic E-state index is 13.6. The molecule has 53 heavy (non-hydrogen) atoms. The molecule has 2 aromatic heterocycles. The smallest absolute Gasteiger partial charge is 0.381 e. The lowest BCUT2D eigenvalue weighted by Crippen LogP contribution is -2.15. The summed E-state index contributed by atoms with van der Waals surface area (Å²) in [5, 5.41) is 5.22. The van der Waals surface area contributed by atoms with Crippen LogP contribution in [0.15, 0.2) is 97.3 Å². The second kappa shape index (κ2) is 15.2. The summed E-state index contributed by atoms with van der Waals surface area (Å²) in [5.41, 5.74) is -1.12. The molecule has 1 amide bonds. The first-order valence-electron chi connectivity index (χ1n) is 15.3. The van der Waals surface area contributed by atoms with E-state index in [0.29, 0.717) is 17.1 Å². The van der Waals surface area contributed by atoms with Crippen LogP contribution in [0.25, 0.3) is 11.4 Å². The number of amides is 1. The molecule has 2 heterocycles. The standard InChI is InChI=1S/C18H12F5N3O.C18H14F5N3/c1-10-24-15(18(21,22)23)9-26(10)12-7-5-11(6-8-12)25-17(27)16-13(19)3-2-4-14(16)20;1-11-25-17(18(21,22)23)10-26(11)13-7-5-12(6-8-13)24-9-14-15(19)3-2-4-16(14)20/h2-9H,1H3,(H,25,27);2-8,10,24H,9H2,1H3. The Morgan fingerprint density at radius 1 is 0.604 bits per heavy atom. The summed E-state index contributed by atoms with van der Waals surface area (Å²) in [5.74, 6) is -3.95. The van der Waals surface area contributed by atoms with Gasteiger partial charge in [0.05, 0.1) is 0 Å². The van der Waals surface area contributed by atoms with Crippen LogP contribution in [0.3, 0.4) is 0 Å². The predicted molar refractivity (Wildman–Crippen MR) is 175 cm³/mol. The quantitative estimate of drug-likeness (QED) is 0.160. The van der Waals surface area contributed by atoms with Crippen LogP contribution in [-0.2, 0) is 18.9 Å². The fraction of sp³-hybridized carbons (Fsp3) is 0.139. The number of hydrogen-bond donors (Lipinski definition) is 2. The van der Waals surface area contributed by atoms with Gasteiger partial charge < -0.3 is 19.8 Å². The molecule has 6 aromatic rings. The van der Waals surface area contributed by atoms with E-state index in [2.05, 4.69) is 20.6 Å². The number of nitrogens with one attached hydrogen (secondary N) is 2. The molecule has 17 heteroatoms. The molecule has 0 saturated carbocycles. The van der Waals surface area contributed by atoms with E-state index in [9.17, 15) is 48.7 Å². The van der Waals surface area contributed by atoms with Crippen LogP contribution in [0.5, 0.6) is 0 Å². The molecular formula is C36H26F10N6O. The average Bonchev–Trinajstić information content (AvgIpc) is 3.68. The minimum atomic E-state index is -4.56. The number of aryl methyl sites for hydroxylation is 2. The summed E-state index contributed by atoms with van der Waals surface area (Å²) in [6, 6.07) is 18.8.